The van der Waals surface area contributed by atoms with Gasteiger partial charge in [0.15, 0.2) is 0 Å². The van der Waals surface area contributed by atoms with Crippen LogP contribution in [-0.2, 0) is 4.79 Å². The quantitative estimate of drug-likeness (QED) is 0.414. The molecule has 3 N–H and O–H groups in total. The smallest absolute Gasteiger partial charge is 0.243 e. The van der Waals surface area contributed by atoms with Crippen molar-refractivity contribution < 1.29 is 24.3 Å². The Morgan fingerprint density at radius 3 is 2.59 bits per heavy atom. The van der Waals surface area contributed by atoms with Crippen molar-refractivity contribution in [1.29, 1.82) is 0 Å². The molecular formula is C21H23NO5. The number of nitrogens with one attached hydrogen (secondary N) is 1. The van der Waals surface area contributed by atoms with E-state index in [0.29, 0.717) is 12.8 Å². The van der Waals surface area contributed by atoms with Crippen molar-refractivity contribution in [1.82, 2.24) is 5.48 Å². The summed E-state index contributed by atoms with van der Waals surface area (Å²) < 4.78 is 11.2. The lowest BCUT2D eigenvalue weighted by molar-refractivity contribution is -0.129. The molecule has 0 spiro atoms. The largest absolute Gasteiger partial charge is 0.497 e. The summed E-state index contributed by atoms with van der Waals surface area (Å²) in [5, 5.41) is 18.9. The van der Waals surface area contributed by atoms with E-state index >= 15 is 0 Å². The van der Waals surface area contributed by atoms with E-state index in [1.807, 2.05) is 48.5 Å². The summed E-state index contributed by atoms with van der Waals surface area (Å²) in [6, 6.07) is 15.6. The Labute approximate surface area is 157 Å². The van der Waals surface area contributed by atoms with Crippen LogP contribution in [0.5, 0.6) is 5.75 Å². The molecule has 3 aromatic rings. The van der Waals surface area contributed by atoms with Gasteiger partial charge in [-0.3, -0.25) is 10.0 Å². The second-order valence-electron chi connectivity index (χ2n) is 6.42. The van der Waals surface area contributed by atoms with Crippen LogP contribution in [0, 0.1) is 0 Å². The maximum atomic E-state index is 11.3. The molecule has 0 unspecified atom stereocenters. The molecular weight excluding hydrogens is 346 g/mol. The van der Waals surface area contributed by atoms with Crippen molar-refractivity contribution in [3.8, 4) is 17.1 Å². The van der Waals surface area contributed by atoms with Crippen LogP contribution in [-0.4, -0.2) is 29.9 Å². The number of furan rings is 1. The van der Waals surface area contributed by atoms with Gasteiger partial charge in [-0.25, -0.2) is 5.48 Å². The number of ether oxygens (including phenoxy) is 1. The molecule has 0 fully saturated rings. The Morgan fingerprint density at radius 1 is 1.15 bits per heavy atom. The van der Waals surface area contributed by atoms with Crippen LogP contribution in [0.2, 0.25) is 0 Å². The summed E-state index contributed by atoms with van der Waals surface area (Å²) >= 11 is 0. The van der Waals surface area contributed by atoms with Gasteiger partial charge >= 0.3 is 0 Å². The normalized spacial score (nSPS) is 12.1. The molecule has 1 atom stereocenters. The number of fused-ring (bicyclic) bond motifs is 1. The van der Waals surface area contributed by atoms with Gasteiger partial charge in [0.2, 0.25) is 5.91 Å². The van der Waals surface area contributed by atoms with Crippen molar-refractivity contribution in [3.63, 3.8) is 0 Å². The zero-order chi connectivity index (χ0) is 19.2. The molecule has 2 aromatic carbocycles. The van der Waals surface area contributed by atoms with Crippen molar-refractivity contribution in [2.24, 2.45) is 0 Å². The number of amides is 1. The number of methoxy groups -OCH3 is 1. The molecule has 0 bridgehead atoms. The first-order valence-corrected chi connectivity index (χ1v) is 8.86. The average Bonchev–Trinajstić information content (AvgIpc) is 3.14. The third-order valence-electron chi connectivity index (χ3n) is 4.71. The number of aliphatic hydroxyl groups excluding tert-OH is 1. The van der Waals surface area contributed by atoms with E-state index in [2.05, 4.69) is 0 Å². The van der Waals surface area contributed by atoms with Gasteiger partial charge in [-0.15, -0.1) is 0 Å². The molecule has 0 aliphatic rings. The Hall–Kier alpha value is -2.83. The van der Waals surface area contributed by atoms with Crippen molar-refractivity contribution in [2.45, 2.75) is 25.2 Å². The van der Waals surface area contributed by atoms with Gasteiger partial charge in [0.25, 0.3) is 0 Å². The standard InChI is InChI=1S/C21H23NO5/c1-26-18-7-8-19-17(12-18)13-20(27-19)16-4-2-14(3-5-16)15(10-11-23)6-9-21(24)22-25/h2-5,7-8,12-13,15,23,25H,6,9-11H2,1H3,(H,22,24)/t15-/m1/s1. The number of hydroxylamine groups is 1. The van der Waals surface area contributed by atoms with Gasteiger partial charge in [0.1, 0.15) is 17.1 Å². The van der Waals surface area contributed by atoms with Crippen molar-refractivity contribution in [3.05, 3.63) is 54.1 Å². The molecule has 1 heterocycles. The molecule has 6 nitrogen and oxygen atoms in total. The average molecular weight is 369 g/mol. The summed E-state index contributed by atoms with van der Waals surface area (Å²) in [4.78, 5) is 11.3. The van der Waals surface area contributed by atoms with E-state index in [1.165, 1.54) is 0 Å². The second kappa shape index (κ2) is 8.70. The molecule has 1 aromatic heterocycles. The Morgan fingerprint density at radius 2 is 1.93 bits per heavy atom. The number of rotatable bonds is 8. The number of carbonyl (C=O) groups is 1. The minimum Gasteiger partial charge on any atom is -0.497 e. The first-order valence-electron chi connectivity index (χ1n) is 8.86. The van der Waals surface area contributed by atoms with Gasteiger partial charge in [0, 0.05) is 24.0 Å². The maximum Gasteiger partial charge on any atom is 0.243 e. The third kappa shape index (κ3) is 4.48. The zero-order valence-electron chi connectivity index (χ0n) is 15.1. The van der Waals surface area contributed by atoms with Gasteiger partial charge in [-0.1, -0.05) is 24.3 Å². The van der Waals surface area contributed by atoms with E-state index in [-0.39, 0.29) is 18.9 Å². The third-order valence-corrected chi connectivity index (χ3v) is 4.71. The molecule has 27 heavy (non-hydrogen) atoms. The van der Waals surface area contributed by atoms with Crippen molar-refractivity contribution >= 4 is 16.9 Å². The summed E-state index contributed by atoms with van der Waals surface area (Å²) in [5.74, 6) is 1.17. The van der Waals surface area contributed by atoms with Crippen LogP contribution >= 0.6 is 0 Å². The van der Waals surface area contributed by atoms with E-state index in [4.69, 9.17) is 14.4 Å². The molecule has 0 aliphatic heterocycles. The predicted octanol–water partition coefficient (Wildman–Crippen LogP) is 3.86. The Kier molecular flexibility index (Phi) is 6.11. The fraction of sp³-hybridized carbons (Fsp3) is 0.286. The molecule has 3 rings (SSSR count). The van der Waals surface area contributed by atoms with Crippen LogP contribution < -0.4 is 10.2 Å². The number of carbonyl (C=O) groups excluding carboxylic acids is 1. The molecule has 0 aliphatic carbocycles. The molecule has 0 saturated heterocycles. The van der Waals surface area contributed by atoms with E-state index in [0.717, 1.165) is 33.6 Å². The fourth-order valence-electron chi connectivity index (χ4n) is 3.20. The van der Waals surface area contributed by atoms with Crippen molar-refractivity contribution in [2.75, 3.05) is 13.7 Å². The van der Waals surface area contributed by atoms with E-state index < -0.39 is 5.91 Å². The lowest BCUT2D eigenvalue weighted by Crippen LogP contribution is -2.19. The van der Waals surface area contributed by atoms with Crippen LogP contribution in [0.15, 0.2) is 52.9 Å². The lowest BCUT2D eigenvalue weighted by atomic mass is 9.90. The summed E-state index contributed by atoms with van der Waals surface area (Å²) in [5.41, 5.74) is 4.42. The molecule has 6 heteroatoms. The maximum absolute atomic E-state index is 11.3. The number of hydrogen-bond acceptors (Lipinski definition) is 5. The SMILES string of the molecule is COc1ccc2oc(-c3ccc([C@@H](CCO)CCC(=O)NO)cc3)cc2c1. The fourth-order valence-corrected chi connectivity index (χ4v) is 3.20. The van der Waals surface area contributed by atoms with Gasteiger partial charge in [0.05, 0.1) is 7.11 Å². The molecule has 1 amide bonds. The summed E-state index contributed by atoms with van der Waals surface area (Å²) in [7, 11) is 1.63. The summed E-state index contributed by atoms with van der Waals surface area (Å²) in [6.45, 7) is 0.0402. The van der Waals surface area contributed by atoms with Crippen LogP contribution in [0.25, 0.3) is 22.3 Å². The van der Waals surface area contributed by atoms with Crippen LogP contribution in [0.1, 0.15) is 30.7 Å². The first kappa shape index (κ1) is 18.9. The Bertz CT molecular complexity index is 901. The van der Waals surface area contributed by atoms with Gasteiger partial charge < -0.3 is 14.3 Å². The topological polar surface area (TPSA) is 91.9 Å². The van der Waals surface area contributed by atoms with Gasteiger partial charge in [-0.05, 0) is 48.6 Å². The molecule has 0 radical (unpaired) electrons. The number of hydrogen-bond donors (Lipinski definition) is 3. The highest BCUT2D eigenvalue weighted by atomic mass is 16.5. The predicted molar refractivity (Wildman–Crippen MR) is 102 cm³/mol. The monoisotopic (exact) mass is 369 g/mol. The summed E-state index contributed by atoms with van der Waals surface area (Å²) in [6.07, 6.45) is 1.31. The highest BCUT2D eigenvalue weighted by Crippen LogP contribution is 2.32. The molecule has 0 saturated carbocycles. The second-order valence-corrected chi connectivity index (χ2v) is 6.42. The van der Waals surface area contributed by atoms with E-state index in [9.17, 15) is 9.90 Å². The molecule has 142 valence electrons. The van der Waals surface area contributed by atoms with Crippen LogP contribution in [0.4, 0.5) is 0 Å². The lowest BCUT2D eigenvalue weighted by Gasteiger charge is -2.16. The number of aliphatic hydroxyl groups is 1. The van der Waals surface area contributed by atoms with Crippen LogP contribution in [0.3, 0.4) is 0 Å². The highest BCUT2D eigenvalue weighted by Gasteiger charge is 2.14. The van der Waals surface area contributed by atoms with Gasteiger partial charge in [-0.2, -0.15) is 0 Å². The minimum absolute atomic E-state index is 0.0402. The minimum atomic E-state index is -0.424. The highest BCUT2D eigenvalue weighted by molar-refractivity contribution is 5.84. The number of benzene rings is 2. The first-order chi connectivity index (χ1) is 13.1. The Balaban J connectivity index is 1.79. The van der Waals surface area contributed by atoms with E-state index in [1.54, 1.807) is 12.6 Å². The zero-order valence-corrected chi connectivity index (χ0v) is 15.1.